The highest BCUT2D eigenvalue weighted by atomic mass is 35.6. The van der Waals surface area contributed by atoms with Crippen molar-refractivity contribution in [2.75, 3.05) is 11.9 Å². The van der Waals surface area contributed by atoms with Gasteiger partial charge in [-0.1, -0.05) is 53.0 Å². The fraction of sp³-hybridized carbons (Fsp3) is 0.438. The zero-order valence-electron chi connectivity index (χ0n) is 14.3. The van der Waals surface area contributed by atoms with E-state index in [0.717, 1.165) is 4.90 Å². The van der Waals surface area contributed by atoms with E-state index in [1.165, 1.54) is 11.9 Å². The second kappa shape index (κ2) is 7.11. The first-order valence-electron chi connectivity index (χ1n) is 7.51. The Bertz CT molecular complexity index is 696. The van der Waals surface area contributed by atoms with Crippen molar-refractivity contribution in [3.63, 3.8) is 0 Å². The maximum atomic E-state index is 12.5. The second-order valence-electron chi connectivity index (χ2n) is 6.61. The van der Waals surface area contributed by atoms with Crippen molar-refractivity contribution in [2.45, 2.75) is 36.3 Å². The number of carbonyl (C=O) groups is 2. The molecule has 1 aliphatic heterocycles. The average Bonchev–Trinajstić information content (AvgIpc) is 2.70. The molecule has 1 fully saturated rings. The van der Waals surface area contributed by atoms with E-state index in [-0.39, 0.29) is 5.84 Å². The number of alkyl halides is 3. The summed E-state index contributed by atoms with van der Waals surface area (Å²) >= 11 is 18.1. The molecule has 1 aliphatic rings. The minimum atomic E-state index is -1.81. The third-order valence-corrected chi connectivity index (χ3v) is 3.95. The quantitative estimate of drug-likeness (QED) is 0.617. The molecule has 0 spiro atoms. The number of anilines is 1. The van der Waals surface area contributed by atoms with Crippen molar-refractivity contribution in [3.05, 3.63) is 30.3 Å². The molecule has 0 saturated carbocycles. The number of imide groups is 1. The Morgan fingerprint density at radius 3 is 2.12 bits per heavy atom. The fourth-order valence-corrected chi connectivity index (χ4v) is 2.53. The van der Waals surface area contributed by atoms with Crippen LogP contribution in [0.4, 0.5) is 10.5 Å². The summed E-state index contributed by atoms with van der Waals surface area (Å²) in [6.45, 7) is 5.62. The van der Waals surface area contributed by atoms with E-state index in [1.54, 1.807) is 30.3 Å². The molecule has 1 unspecified atom stereocenters. The Morgan fingerprint density at radius 2 is 1.64 bits per heavy atom. The summed E-state index contributed by atoms with van der Waals surface area (Å²) < 4.78 is -1.81. The van der Waals surface area contributed by atoms with Gasteiger partial charge in [0.15, 0.2) is 0 Å². The van der Waals surface area contributed by atoms with Crippen LogP contribution in [0, 0.1) is 0 Å². The van der Waals surface area contributed by atoms with E-state index >= 15 is 0 Å². The number of likely N-dealkylation sites (N-methyl/N-ethyl adjacent to an activating group) is 1. The molecule has 1 N–H and O–H groups in total. The van der Waals surface area contributed by atoms with Crippen LogP contribution in [0.15, 0.2) is 35.3 Å². The second-order valence-corrected chi connectivity index (χ2v) is 8.98. The molecule has 0 aromatic heterocycles. The molecule has 1 atom stereocenters. The number of carbonyl (C=O) groups excluding carboxylic acids is 2. The molecule has 0 bridgehead atoms. The van der Waals surface area contributed by atoms with Crippen molar-refractivity contribution < 1.29 is 9.59 Å². The van der Waals surface area contributed by atoms with Crippen LogP contribution in [0.1, 0.15) is 20.8 Å². The van der Waals surface area contributed by atoms with E-state index in [0.29, 0.717) is 5.69 Å². The summed E-state index contributed by atoms with van der Waals surface area (Å²) in [6.07, 6.45) is -1.03. The molecule has 2 rings (SSSR count). The highest BCUT2D eigenvalue weighted by molar-refractivity contribution is 6.68. The highest BCUT2D eigenvalue weighted by Gasteiger charge is 2.44. The maximum Gasteiger partial charge on any atom is 0.337 e. The molecule has 136 valence electrons. The predicted molar refractivity (Wildman–Crippen MR) is 101 cm³/mol. The lowest BCUT2D eigenvalue weighted by Gasteiger charge is -2.30. The molecule has 0 aliphatic carbocycles. The number of aliphatic imine (C=N–C) groups is 1. The molecule has 1 aromatic carbocycles. The topological polar surface area (TPSA) is 65.0 Å². The van der Waals surface area contributed by atoms with Gasteiger partial charge in [0.2, 0.25) is 9.63 Å². The van der Waals surface area contributed by atoms with Gasteiger partial charge in [-0.25, -0.2) is 14.7 Å². The van der Waals surface area contributed by atoms with Gasteiger partial charge in [0.25, 0.3) is 5.91 Å². The predicted octanol–water partition coefficient (Wildman–Crippen LogP) is 3.57. The summed E-state index contributed by atoms with van der Waals surface area (Å²) in [7, 11) is 1.38. The lowest BCUT2D eigenvalue weighted by molar-refractivity contribution is -0.119. The van der Waals surface area contributed by atoms with E-state index in [4.69, 9.17) is 34.8 Å². The Morgan fingerprint density at radius 1 is 1.08 bits per heavy atom. The first-order valence-corrected chi connectivity index (χ1v) is 8.64. The minimum absolute atomic E-state index is 0.105. The van der Waals surface area contributed by atoms with Gasteiger partial charge in [0, 0.05) is 12.6 Å². The molecule has 9 heteroatoms. The van der Waals surface area contributed by atoms with Gasteiger partial charge in [-0.3, -0.25) is 15.0 Å². The summed E-state index contributed by atoms with van der Waals surface area (Å²) in [5.41, 5.74) is 0.0659. The van der Waals surface area contributed by atoms with Crippen LogP contribution in [-0.4, -0.2) is 45.2 Å². The zero-order valence-corrected chi connectivity index (χ0v) is 16.5. The smallest absolute Gasteiger partial charge is 0.287 e. The van der Waals surface area contributed by atoms with Crippen LogP contribution < -0.4 is 10.2 Å². The van der Waals surface area contributed by atoms with Crippen LogP contribution in [-0.2, 0) is 4.79 Å². The third kappa shape index (κ3) is 4.64. The minimum Gasteiger partial charge on any atom is -0.287 e. The SMILES string of the molecule is CN1C(=O)C(=NC(NC(C)(C)C)C(Cl)(Cl)Cl)N(c2ccccc2)C1=O. The largest absolute Gasteiger partial charge is 0.337 e. The molecule has 25 heavy (non-hydrogen) atoms. The van der Waals surface area contributed by atoms with Crippen LogP contribution in [0.5, 0.6) is 0 Å². The number of hydrogen-bond donors (Lipinski definition) is 1. The van der Waals surface area contributed by atoms with Crippen molar-refractivity contribution in [1.29, 1.82) is 0 Å². The first kappa shape index (κ1) is 20.0. The fourth-order valence-electron chi connectivity index (χ4n) is 2.22. The van der Waals surface area contributed by atoms with Crippen LogP contribution >= 0.6 is 34.8 Å². The lowest BCUT2D eigenvalue weighted by atomic mass is 10.1. The number of nitrogens with one attached hydrogen (secondary N) is 1. The highest BCUT2D eigenvalue weighted by Crippen LogP contribution is 2.33. The van der Waals surface area contributed by atoms with E-state index in [9.17, 15) is 9.59 Å². The number of para-hydroxylation sites is 1. The molecule has 1 heterocycles. The molecule has 3 amide bonds. The number of amides is 3. The Hall–Kier alpha value is -1.34. The van der Waals surface area contributed by atoms with Gasteiger partial charge in [-0.2, -0.15) is 0 Å². The lowest BCUT2D eigenvalue weighted by Crippen LogP contribution is -2.50. The molecular formula is C16H19Cl3N4O2. The maximum absolute atomic E-state index is 12.5. The van der Waals surface area contributed by atoms with Crippen molar-refractivity contribution in [2.24, 2.45) is 4.99 Å². The van der Waals surface area contributed by atoms with Gasteiger partial charge in [-0.05, 0) is 32.9 Å². The number of halogens is 3. The van der Waals surface area contributed by atoms with Gasteiger partial charge in [0.1, 0.15) is 6.17 Å². The number of benzene rings is 1. The van der Waals surface area contributed by atoms with Gasteiger partial charge < -0.3 is 0 Å². The Labute approximate surface area is 161 Å². The monoisotopic (exact) mass is 404 g/mol. The summed E-state index contributed by atoms with van der Waals surface area (Å²) in [6, 6.07) is 8.18. The number of nitrogens with zero attached hydrogens (tertiary/aromatic N) is 3. The van der Waals surface area contributed by atoms with Gasteiger partial charge >= 0.3 is 6.03 Å². The molecule has 6 nitrogen and oxygen atoms in total. The van der Waals surface area contributed by atoms with Crippen LogP contribution in [0.2, 0.25) is 0 Å². The van der Waals surface area contributed by atoms with Crippen molar-refractivity contribution in [1.82, 2.24) is 10.2 Å². The van der Waals surface area contributed by atoms with Crippen LogP contribution in [0.3, 0.4) is 0 Å². The number of urea groups is 1. The summed E-state index contributed by atoms with van der Waals surface area (Å²) in [5, 5.41) is 3.05. The van der Waals surface area contributed by atoms with Crippen LogP contribution in [0.25, 0.3) is 0 Å². The molecule has 1 aromatic rings. The van der Waals surface area contributed by atoms with Crippen molar-refractivity contribution >= 4 is 58.3 Å². The number of hydrogen-bond acceptors (Lipinski definition) is 4. The molecule has 0 radical (unpaired) electrons. The van der Waals surface area contributed by atoms with E-state index < -0.39 is 27.4 Å². The summed E-state index contributed by atoms with van der Waals surface area (Å²) in [4.78, 5) is 31.4. The van der Waals surface area contributed by atoms with Crippen molar-refractivity contribution in [3.8, 4) is 0 Å². The average molecular weight is 406 g/mol. The van der Waals surface area contributed by atoms with E-state index in [2.05, 4.69) is 10.3 Å². The summed E-state index contributed by atoms with van der Waals surface area (Å²) in [5.74, 6) is -0.671. The van der Waals surface area contributed by atoms with Gasteiger partial charge in [-0.15, -0.1) is 0 Å². The van der Waals surface area contributed by atoms with Gasteiger partial charge in [0.05, 0.1) is 5.69 Å². The Kier molecular flexibility index (Phi) is 5.68. The Balaban J connectivity index is 2.52. The zero-order chi connectivity index (χ0) is 19.0. The molecule has 1 saturated heterocycles. The third-order valence-electron chi connectivity index (χ3n) is 3.33. The number of amidine groups is 1. The molecular weight excluding hydrogens is 387 g/mol. The number of rotatable bonds is 3. The first-order chi connectivity index (χ1) is 11.4. The normalized spacial score (nSPS) is 19.1. The standard InChI is InChI=1S/C16H19Cl3N4O2/c1-15(2,3)21-13(16(17,18)19)20-11-12(24)22(4)14(25)23(11)10-8-6-5-7-9-10/h5-9,13,21H,1-4H3. The van der Waals surface area contributed by atoms with E-state index in [1.807, 2.05) is 20.8 Å².